The first-order valence-corrected chi connectivity index (χ1v) is 9.47. The zero-order valence-electron chi connectivity index (χ0n) is 17.1. The molecule has 0 atom stereocenters. The van der Waals surface area contributed by atoms with E-state index in [-0.39, 0.29) is 5.91 Å². The van der Waals surface area contributed by atoms with Gasteiger partial charge in [0.1, 0.15) is 5.75 Å². The second kappa shape index (κ2) is 10.9. The molecule has 2 rings (SSSR count). The maximum atomic E-state index is 12.5. The number of methoxy groups -OCH3 is 1. The van der Waals surface area contributed by atoms with E-state index in [1.165, 1.54) is 11.6 Å². The highest BCUT2D eigenvalue weighted by molar-refractivity contribution is 5.92. The van der Waals surface area contributed by atoms with Crippen molar-refractivity contribution in [2.45, 2.75) is 33.1 Å². The number of hydrogen-bond donors (Lipinski definition) is 2. The summed E-state index contributed by atoms with van der Waals surface area (Å²) in [5.74, 6) is -0.310. The second-order valence-electron chi connectivity index (χ2n) is 6.97. The molecule has 2 N–H and O–H groups in total. The van der Waals surface area contributed by atoms with Crippen molar-refractivity contribution in [1.82, 2.24) is 0 Å². The highest BCUT2D eigenvalue weighted by Crippen LogP contribution is 2.21. The van der Waals surface area contributed by atoms with Gasteiger partial charge < -0.3 is 15.2 Å². The fourth-order valence-electron chi connectivity index (χ4n) is 2.74. The molecule has 0 saturated heterocycles. The largest absolute Gasteiger partial charge is 0.497 e. The van der Waals surface area contributed by atoms with Crippen LogP contribution in [0.25, 0.3) is 6.08 Å². The summed E-state index contributed by atoms with van der Waals surface area (Å²) in [4.78, 5) is 23.3. The molecule has 0 bridgehead atoms. The Bertz CT molecular complexity index is 907. The van der Waals surface area contributed by atoms with Crippen LogP contribution < -0.4 is 10.1 Å². The van der Waals surface area contributed by atoms with Crippen LogP contribution in [-0.4, -0.2) is 24.1 Å². The van der Waals surface area contributed by atoms with E-state index in [1.54, 1.807) is 13.2 Å². The number of nitrogens with one attached hydrogen (secondary N) is 1. The van der Waals surface area contributed by atoms with Crippen LogP contribution >= 0.6 is 0 Å². The molecule has 0 radical (unpaired) electrons. The molecule has 2 aromatic rings. The second-order valence-corrected chi connectivity index (χ2v) is 6.97. The van der Waals surface area contributed by atoms with E-state index in [0.717, 1.165) is 28.5 Å². The lowest BCUT2D eigenvalue weighted by atomic mass is 10.0. The van der Waals surface area contributed by atoms with Gasteiger partial charge in [0, 0.05) is 18.2 Å². The van der Waals surface area contributed by atoms with Crippen molar-refractivity contribution >= 4 is 23.6 Å². The number of carboxylic acid groups (broad SMARTS) is 1. The van der Waals surface area contributed by atoms with Gasteiger partial charge in [-0.05, 0) is 67.7 Å². The van der Waals surface area contributed by atoms with E-state index in [4.69, 9.17) is 9.84 Å². The molecule has 0 aliphatic heterocycles. The number of ether oxygens (including phenoxy) is 1. The van der Waals surface area contributed by atoms with E-state index in [1.807, 2.05) is 50.2 Å². The smallest absolute Gasteiger partial charge is 0.328 e. The number of aryl methyl sites for hydroxylation is 1. The SMILES string of the molecule is COc1ccc(CCC(=O)Nc2cc(/C=C/C(=O)O)ccc2CC=C(C)C)cc1. The Labute approximate surface area is 171 Å². The van der Waals surface area contributed by atoms with Crippen LogP contribution in [0.1, 0.15) is 37.0 Å². The molecule has 0 aromatic heterocycles. The Morgan fingerprint density at radius 1 is 1.10 bits per heavy atom. The van der Waals surface area contributed by atoms with Crippen LogP contribution in [0.5, 0.6) is 5.75 Å². The molecule has 2 aromatic carbocycles. The number of carboxylic acids is 1. The predicted octanol–water partition coefficient (Wildman–Crippen LogP) is 4.87. The highest BCUT2D eigenvalue weighted by atomic mass is 16.5. The topological polar surface area (TPSA) is 75.6 Å². The molecule has 0 heterocycles. The average molecular weight is 393 g/mol. The third kappa shape index (κ3) is 7.66. The third-order valence-electron chi connectivity index (χ3n) is 4.36. The molecule has 0 aliphatic carbocycles. The van der Waals surface area contributed by atoms with Gasteiger partial charge in [-0.2, -0.15) is 0 Å². The Balaban J connectivity index is 2.11. The van der Waals surface area contributed by atoms with Crippen molar-refractivity contribution in [3.05, 3.63) is 76.9 Å². The van der Waals surface area contributed by atoms with Gasteiger partial charge in [-0.3, -0.25) is 4.79 Å². The first-order valence-electron chi connectivity index (χ1n) is 9.47. The van der Waals surface area contributed by atoms with Crippen LogP contribution in [0.15, 0.2) is 60.2 Å². The van der Waals surface area contributed by atoms with Crippen molar-refractivity contribution in [1.29, 1.82) is 0 Å². The van der Waals surface area contributed by atoms with Crippen LogP contribution in [0.2, 0.25) is 0 Å². The molecule has 0 spiro atoms. The number of aliphatic carboxylic acids is 1. The van der Waals surface area contributed by atoms with Gasteiger partial charge in [0.05, 0.1) is 7.11 Å². The molecule has 5 heteroatoms. The highest BCUT2D eigenvalue weighted by Gasteiger charge is 2.08. The molecular weight excluding hydrogens is 366 g/mol. The molecule has 5 nitrogen and oxygen atoms in total. The molecular formula is C24H27NO4. The summed E-state index contributed by atoms with van der Waals surface area (Å²) in [7, 11) is 1.62. The molecule has 0 fully saturated rings. The summed E-state index contributed by atoms with van der Waals surface area (Å²) < 4.78 is 5.15. The maximum Gasteiger partial charge on any atom is 0.328 e. The van der Waals surface area contributed by atoms with E-state index < -0.39 is 5.97 Å². The van der Waals surface area contributed by atoms with Crippen LogP contribution in [0.3, 0.4) is 0 Å². The molecule has 1 amide bonds. The number of anilines is 1. The minimum Gasteiger partial charge on any atom is -0.497 e. The minimum atomic E-state index is -1.01. The lowest BCUT2D eigenvalue weighted by molar-refractivity contribution is -0.131. The zero-order valence-corrected chi connectivity index (χ0v) is 17.1. The van der Waals surface area contributed by atoms with Gasteiger partial charge in [0.2, 0.25) is 5.91 Å². The van der Waals surface area contributed by atoms with Crippen molar-refractivity contribution in [3.63, 3.8) is 0 Å². The first-order chi connectivity index (χ1) is 13.9. The van der Waals surface area contributed by atoms with Gasteiger partial charge in [0.25, 0.3) is 0 Å². The maximum absolute atomic E-state index is 12.5. The molecule has 29 heavy (non-hydrogen) atoms. The molecule has 0 saturated carbocycles. The van der Waals surface area contributed by atoms with Gasteiger partial charge in [0.15, 0.2) is 0 Å². The lowest BCUT2D eigenvalue weighted by Crippen LogP contribution is -2.14. The fraction of sp³-hybridized carbons (Fsp3) is 0.250. The number of allylic oxidation sites excluding steroid dienone is 2. The number of carbonyl (C=O) groups is 2. The summed E-state index contributed by atoms with van der Waals surface area (Å²) in [5, 5.41) is 11.8. The van der Waals surface area contributed by atoms with Crippen molar-refractivity contribution in [2.75, 3.05) is 12.4 Å². The Morgan fingerprint density at radius 3 is 2.45 bits per heavy atom. The van der Waals surface area contributed by atoms with Gasteiger partial charge in [-0.25, -0.2) is 4.79 Å². The van der Waals surface area contributed by atoms with Crippen molar-refractivity contribution < 1.29 is 19.4 Å². The van der Waals surface area contributed by atoms with E-state index in [9.17, 15) is 9.59 Å². The summed E-state index contributed by atoms with van der Waals surface area (Å²) in [6.45, 7) is 4.05. The fourth-order valence-corrected chi connectivity index (χ4v) is 2.74. The predicted molar refractivity (Wildman–Crippen MR) is 116 cm³/mol. The van der Waals surface area contributed by atoms with Crippen LogP contribution in [0.4, 0.5) is 5.69 Å². The van der Waals surface area contributed by atoms with Crippen molar-refractivity contribution in [2.24, 2.45) is 0 Å². The van der Waals surface area contributed by atoms with Gasteiger partial charge in [-0.15, -0.1) is 0 Å². The first kappa shape index (κ1) is 22.0. The monoisotopic (exact) mass is 393 g/mol. The molecule has 0 aliphatic rings. The van der Waals surface area contributed by atoms with E-state index >= 15 is 0 Å². The van der Waals surface area contributed by atoms with Gasteiger partial charge in [-0.1, -0.05) is 35.9 Å². The summed E-state index contributed by atoms with van der Waals surface area (Å²) in [6, 6.07) is 13.2. The van der Waals surface area contributed by atoms with Crippen LogP contribution in [0, 0.1) is 0 Å². The standard InChI is InChI=1S/C24H27NO4/c1-17(2)4-10-20-11-5-19(9-15-24(27)28)16-22(20)25-23(26)14-8-18-6-12-21(29-3)13-7-18/h4-7,9,11-13,15-16H,8,10,14H2,1-3H3,(H,25,26)(H,27,28)/b15-9+. The number of hydrogen-bond acceptors (Lipinski definition) is 3. The Morgan fingerprint density at radius 2 is 1.83 bits per heavy atom. The number of benzene rings is 2. The minimum absolute atomic E-state index is 0.0846. The third-order valence-corrected chi connectivity index (χ3v) is 4.36. The van der Waals surface area contributed by atoms with E-state index in [2.05, 4.69) is 11.4 Å². The Hall–Kier alpha value is -3.34. The molecule has 0 unspecified atom stereocenters. The number of amides is 1. The lowest BCUT2D eigenvalue weighted by Gasteiger charge is -2.12. The number of rotatable bonds is 9. The van der Waals surface area contributed by atoms with Crippen LogP contribution in [-0.2, 0) is 22.4 Å². The normalized spacial score (nSPS) is 10.6. The van der Waals surface area contributed by atoms with Crippen molar-refractivity contribution in [3.8, 4) is 5.75 Å². The number of carbonyl (C=O) groups excluding carboxylic acids is 1. The molecule has 152 valence electrons. The summed E-state index contributed by atoms with van der Waals surface area (Å²) in [6.07, 6.45) is 6.36. The average Bonchev–Trinajstić information content (AvgIpc) is 2.70. The zero-order chi connectivity index (χ0) is 21.2. The van der Waals surface area contributed by atoms with E-state index in [0.29, 0.717) is 24.9 Å². The summed E-state index contributed by atoms with van der Waals surface area (Å²) >= 11 is 0. The summed E-state index contributed by atoms with van der Waals surface area (Å²) in [5.41, 5.74) is 4.66. The van der Waals surface area contributed by atoms with Gasteiger partial charge >= 0.3 is 5.97 Å². The Kier molecular flexibility index (Phi) is 8.22. The quantitative estimate of drug-likeness (QED) is 0.471.